The Kier molecular flexibility index (Phi) is 3.89. The van der Waals surface area contributed by atoms with Crippen LogP contribution in [0.25, 0.3) is 0 Å². The third kappa shape index (κ3) is 2.91. The lowest BCUT2D eigenvalue weighted by molar-refractivity contribution is 0.313. The average molecular weight is 281 g/mol. The predicted molar refractivity (Wildman–Crippen MR) is 85.8 cm³/mol. The maximum Gasteiger partial charge on any atom is 0.114 e. The van der Waals surface area contributed by atoms with Gasteiger partial charge in [-0.05, 0) is 31.3 Å². The van der Waals surface area contributed by atoms with Crippen LogP contribution in [-0.4, -0.2) is 51.0 Å². The fourth-order valence-corrected chi connectivity index (χ4v) is 2.67. The molecule has 2 aliphatic rings. The molecule has 0 atom stereocenters. The van der Waals surface area contributed by atoms with E-state index in [-0.39, 0.29) is 0 Å². The zero-order valence-corrected chi connectivity index (χ0v) is 12.2. The van der Waals surface area contributed by atoms with Crippen LogP contribution in [0.5, 0.6) is 0 Å². The van der Waals surface area contributed by atoms with Crippen molar-refractivity contribution >= 4 is 17.6 Å². The Hall–Kier alpha value is -2.32. The smallest absolute Gasteiger partial charge is 0.114 e. The lowest BCUT2D eigenvalue weighted by atomic mass is 10.1. The van der Waals surface area contributed by atoms with Gasteiger partial charge in [0.15, 0.2) is 0 Å². The zero-order chi connectivity index (χ0) is 14.7. The summed E-state index contributed by atoms with van der Waals surface area (Å²) in [5.41, 5.74) is 2.75. The number of likely N-dealkylation sites (N-methyl/N-ethyl adjacent to an activating group) is 1. The minimum absolute atomic E-state index is 0.568. The molecule has 0 aliphatic carbocycles. The van der Waals surface area contributed by atoms with Crippen LogP contribution < -0.4 is 9.80 Å². The minimum atomic E-state index is 0.568. The van der Waals surface area contributed by atoms with Crippen LogP contribution >= 0.6 is 0 Å². The monoisotopic (exact) mass is 281 g/mol. The fourth-order valence-electron chi connectivity index (χ4n) is 2.67. The molecule has 21 heavy (non-hydrogen) atoms. The standard InChI is InChI=1S/C16H19N5/c1-19-7-9-20(10-8-19)15-3-4-16(14(11-15)12-17)21-6-2-5-18-13-21/h2-6,11H,7-10,13H2,1H3. The highest BCUT2D eigenvalue weighted by Gasteiger charge is 2.17. The van der Waals surface area contributed by atoms with E-state index in [1.54, 1.807) is 6.21 Å². The van der Waals surface area contributed by atoms with Gasteiger partial charge in [0.1, 0.15) is 12.7 Å². The van der Waals surface area contributed by atoms with Crippen molar-refractivity contribution in [1.82, 2.24) is 4.90 Å². The molecule has 5 heteroatoms. The van der Waals surface area contributed by atoms with Crippen LogP contribution in [0.15, 0.2) is 35.5 Å². The van der Waals surface area contributed by atoms with Gasteiger partial charge in [-0.1, -0.05) is 0 Å². The van der Waals surface area contributed by atoms with Crippen LogP contribution in [0.4, 0.5) is 11.4 Å². The second-order valence-electron chi connectivity index (χ2n) is 5.39. The molecule has 0 amide bonds. The summed E-state index contributed by atoms with van der Waals surface area (Å²) in [7, 11) is 2.14. The van der Waals surface area contributed by atoms with E-state index < -0.39 is 0 Å². The van der Waals surface area contributed by atoms with Crippen molar-refractivity contribution in [2.24, 2.45) is 4.99 Å². The number of hydrogen-bond donors (Lipinski definition) is 0. The molecule has 1 fully saturated rings. The van der Waals surface area contributed by atoms with Crippen molar-refractivity contribution in [3.05, 3.63) is 36.0 Å². The van der Waals surface area contributed by atoms with Gasteiger partial charge in [0.2, 0.25) is 0 Å². The minimum Gasteiger partial charge on any atom is -0.369 e. The number of nitrogens with zero attached hydrogens (tertiary/aromatic N) is 5. The number of allylic oxidation sites excluding steroid dienone is 1. The number of nitriles is 1. The van der Waals surface area contributed by atoms with Crippen molar-refractivity contribution in [3.8, 4) is 6.07 Å². The second-order valence-corrected chi connectivity index (χ2v) is 5.39. The first-order valence-electron chi connectivity index (χ1n) is 7.19. The molecule has 0 aromatic heterocycles. The Morgan fingerprint density at radius 2 is 2.00 bits per heavy atom. The first kappa shape index (κ1) is 13.7. The number of benzene rings is 1. The van der Waals surface area contributed by atoms with Crippen molar-refractivity contribution in [2.75, 3.05) is 49.7 Å². The molecule has 2 heterocycles. The van der Waals surface area contributed by atoms with Crippen LogP contribution in [-0.2, 0) is 0 Å². The van der Waals surface area contributed by atoms with Gasteiger partial charge >= 0.3 is 0 Å². The Bertz CT molecular complexity index is 606. The molecule has 0 unspecified atom stereocenters. The van der Waals surface area contributed by atoms with Crippen LogP contribution in [0, 0.1) is 11.3 Å². The van der Waals surface area contributed by atoms with Crippen molar-refractivity contribution in [2.45, 2.75) is 0 Å². The maximum atomic E-state index is 9.45. The fraction of sp³-hybridized carbons (Fsp3) is 0.375. The Balaban J connectivity index is 1.84. The summed E-state index contributed by atoms with van der Waals surface area (Å²) in [5.74, 6) is 0. The maximum absolute atomic E-state index is 9.45. The Labute approximate surface area is 125 Å². The van der Waals surface area contributed by atoms with E-state index in [2.05, 4.69) is 34.0 Å². The summed E-state index contributed by atoms with van der Waals surface area (Å²) in [6, 6.07) is 8.44. The van der Waals surface area contributed by atoms with Gasteiger partial charge in [0.05, 0.1) is 11.3 Å². The molecule has 1 aromatic carbocycles. The quantitative estimate of drug-likeness (QED) is 0.827. The SMILES string of the molecule is CN1CCN(c2ccc(N3C=CC=NC3)c(C#N)c2)CC1. The molecule has 0 bridgehead atoms. The Morgan fingerprint density at radius 3 is 2.67 bits per heavy atom. The van der Waals surface area contributed by atoms with Gasteiger partial charge < -0.3 is 14.7 Å². The summed E-state index contributed by atoms with van der Waals surface area (Å²) in [4.78, 5) is 10.9. The molecule has 108 valence electrons. The average Bonchev–Trinajstić information content (AvgIpc) is 2.56. The second kappa shape index (κ2) is 5.98. The molecule has 0 saturated carbocycles. The van der Waals surface area contributed by atoms with Crippen molar-refractivity contribution in [1.29, 1.82) is 5.26 Å². The van der Waals surface area contributed by atoms with E-state index in [1.165, 1.54) is 0 Å². The molecule has 5 nitrogen and oxygen atoms in total. The third-order valence-corrected chi connectivity index (χ3v) is 3.97. The third-order valence-electron chi connectivity index (χ3n) is 3.97. The summed E-state index contributed by atoms with van der Waals surface area (Å²) in [6.45, 7) is 4.71. The first-order valence-corrected chi connectivity index (χ1v) is 7.19. The molecule has 1 aromatic rings. The normalized spacial score (nSPS) is 18.9. The zero-order valence-electron chi connectivity index (χ0n) is 12.2. The van der Waals surface area contributed by atoms with E-state index in [0.717, 1.165) is 37.6 Å². The van der Waals surface area contributed by atoms with Crippen LogP contribution in [0.1, 0.15) is 5.56 Å². The van der Waals surface area contributed by atoms with E-state index in [0.29, 0.717) is 12.2 Å². The largest absolute Gasteiger partial charge is 0.369 e. The van der Waals surface area contributed by atoms with Gasteiger partial charge in [0, 0.05) is 44.3 Å². The summed E-state index contributed by atoms with van der Waals surface area (Å²) in [5, 5.41) is 9.45. The van der Waals surface area contributed by atoms with E-state index >= 15 is 0 Å². The number of aliphatic imine (C=N–C) groups is 1. The lowest BCUT2D eigenvalue weighted by Gasteiger charge is -2.34. The molecule has 0 N–H and O–H groups in total. The van der Waals surface area contributed by atoms with Gasteiger partial charge in [-0.25, -0.2) is 0 Å². The highest BCUT2D eigenvalue weighted by molar-refractivity contribution is 5.75. The molecule has 0 radical (unpaired) electrons. The van der Waals surface area contributed by atoms with Gasteiger partial charge in [-0.2, -0.15) is 5.26 Å². The van der Waals surface area contributed by atoms with E-state index in [9.17, 15) is 5.26 Å². The summed E-state index contributed by atoms with van der Waals surface area (Å²) in [6.07, 6.45) is 5.62. The number of hydrogen-bond acceptors (Lipinski definition) is 5. The van der Waals surface area contributed by atoms with Crippen molar-refractivity contribution < 1.29 is 0 Å². The molecular weight excluding hydrogens is 262 g/mol. The van der Waals surface area contributed by atoms with Gasteiger partial charge in [-0.3, -0.25) is 4.99 Å². The topological polar surface area (TPSA) is 45.9 Å². The van der Waals surface area contributed by atoms with Crippen LogP contribution in [0.3, 0.4) is 0 Å². The van der Waals surface area contributed by atoms with E-state index in [1.807, 2.05) is 29.3 Å². The number of rotatable bonds is 2. The molecule has 2 aliphatic heterocycles. The van der Waals surface area contributed by atoms with Crippen molar-refractivity contribution in [3.63, 3.8) is 0 Å². The Morgan fingerprint density at radius 1 is 1.19 bits per heavy atom. The highest BCUT2D eigenvalue weighted by Crippen LogP contribution is 2.27. The summed E-state index contributed by atoms with van der Waals surface area (Å²) < 4.78 is 0. The predicted octanol–water partition coefficient (Wildman–Crippen LogP) is 1.67. The number of piperazine rings is 1. The van der Waals surface area contributed by atoms with E-state index in [4.69, 9.17) is 0 Å². The first-order chi connectivity index (χ1) is 10.3. The summed E-state index contributed by atoms with van der Waals surface area (Å²) >= 11 is 0. The van der Waals surface area contributed by atoms with Crippen LogP contribution in [0.2, 0.25) is 0 Å². The molecular formula is C16H19N5. The lowest BCUT2D eigenvalue weighted by Crippen LogP contribution is -2.44. The molecule has 3 rings (SSSR count). The molecule has 0 spiro atoms. The van der Waals surface area contributed by atoms with Gasteiger partial charge in [0.25, 0.3) is 0 Å². The molecule has 1 saturated heterocycles. The van der Waals surface area contributed by atoms with Gasteiger partial charge in [-0.15, -0.1) is 0 Å². The highest BCUT2D eigenvalue weighted by atomic mass is 15.2. The number of anilines is 2.